The maximum atomic E-state index is 12.3. The summed E-state index contributed by atoms with van der Waals surface area (Å²) in [7, 11) is 0. The number of carbonyl (C=O) groups excluding carboxylic acids is 1. The number of benzene rings is 1. The van der Waals surface area contributed by atoms with Crippen molar-refractivity contribution in [3.63, 3.8) is 0 Å². The fourth-order valence-electron chi connectivity index (χ4n) is 1.88. The van der Waals surface area contributed by atoms with Crippen LogP contribution in [0.3, 0.4) is 0 Å². The Labute approximate surface area is 104 Å². The fraction of sp³-hybridized carbons (Fsp3) is 0.533. The molecule has 0 spiro atoms. The van der Waals surface area contributed by atoms with Crippen LogP contribution >= 0.6 is 0 Å². The first kappa shape index (κ1) is 13.9. The highest BCUT2D eigenvalue weighted by molar-refractivity contribution is 5.89. The molecular weight excluding hydrogens is 210 g/mol. The molecule has 0 fully saturated rings. The van der Waals surface area contributed by atoms with Crippen molar-refractivity contribution in [3.8, 4) is 0 Å². The highest BCUT2D eigenvalue weighted by Gasteiger charge is 2.28. The molecule has 0 aromatic heterocycles. The predicted molar refractivity (Wildman–Crippen MR) is 72.1 cm³/mol. The van der Waals surface area contributed by atoms with Gasteiger partial charge in [-0.25, -0.2) is 0 Å². The van der Waals surface area contributed by atoms with Crippen molar-refractivity contribution >= 4 is 5.78 Å². The van der Waals surface area contributed by atoms with Gasteiger partial charge < -0.3 is 5.32 Å². The molecule has 0 unspecified atom stereocenters. The molecule has 0 radical (unpaired) electrons. The number of rotatable bonds is 5. The van der Waals surface area contributed by atoms with E-state index in [0.29, 0.717) is 0 Å². The van der Waals surface area contributed by atoms with E-state index in [9.17, 15) is 4.79 Å². The van der Waals surface area contributed by atoms with E-state index in [2.05, 4.69) is 17.4 Å². The summed E-state index contributed by atoms with van der Waals surface area (Å²) >= 11 is 0. The molecule has 0 aliphatic carbocycles. The van der Waals surface area contributed by atoms with Gasteiger partial charge in [0.15, 0.2) is 5.78 Å². The third-order valence-electron chi connectivity index (χ3n) is 2.79. The summed E-state index contributed by atoms with van der Waals surface area (Å²) in [4.78, 5) is 12.3. The van der Waals surface area contributed by atoms with E-state index < -0.39 is 0 Å². The molecular formula is C15H23NO. The zero-order chi connectivity index (χ0) is 12.9. The number of nitrogens with one attached hydrogen (secondary N) is 1. The van der Waals surface area contributed by atoms with Crippen molar-refractivity contribution < 1.29 is 4.79 Å². The number of Topliss-reactive ketones (excluding diaryl/α,β-unsaturated/α-hetero) is 1. The van der Waals surface area contributed by atoms with Gasteiger partial charge in [-0.1, -0.05) is 58.0 Å². The number of hydrogen-bond donors (Lipinski definition) is 1. The topological polar surface area (TPSA) is 29.1 Å². The Morgan fingerprint density at radius 2 is 1.82 bits per heavy atom. The Balaban J connectivity index is 2.77. The average molecular weight is 233 g/mol. The molecule has 1 aromatic carbocycles. The molecule has 0 bridgehead atoms. The maximum absolute atomic E-state index is 12.3. The Morgan fingerprint density at radius 3 is 2.29 bits per heavy atom. The fourth-order valence-corrected chi connectivity index (χ4v) is 1.88. The summed E-state index contributed by atoms with van der Waals surface area (Å²) < 4.78 is 0. The van der Waals surface area contributed by atoms with E-state index in [-0.39, 0.29) is 17.2 Å². The van der Waals surface area contributed by atoms with Crippen molar-refractivity contribution in [3.05, 3.63) is 35.9 Å². The summed E-state index contributed by atoms with van der Waals surface area (Å²) in [5.74, 6) is 0.281. The second kappa shape index (κ2) is 5.97. The van der Waals surface area contributed by atoms with Crippen LogP contribution in [0.4, 0.5) is 0 Å². The zero-order valence-electron chi connectivity index (χ0n) is 11.3. The van der Waals surface area contributed by atoms with Crippen LogP contribution in [0.5, 0.6) is 0 Å². The first-order chi connectivity index (χ1) is 7.95. The first-order valence-corrected chi connectivity index (χ1v) is 6.26. The molecule has 2 heteroatoms. The van der Waals surface area contributed by atoms with Crippen molar-refractivity contribution in [2.24, 2.45) is 5.41 Å². The van der Waals surface area contributed by atoms with E-state index in [1.165, 1.54) is 5.56 Å². The van der Waals surface area contributed by atoms with E-state index in [1.807, 2.05) is 45.9 Å². The third kappa shape index (κ3) is 4.31. The number of hydrogen-bond acceptors (Lipinski definition) is 2. The highest BCUT2D eigenvalue weighted by Crippen LogP contribution is 2.18. The Hall–Kier alpha value is -1.15. The normalized spacial score (nSPS) is 13.4. The molecule has 1 N–H and O–H groups in total. The lowest BCUT2D eigenvalue weighted by molar-refractivity contribution is -0.128. The van der Waals surface area contributed by atoms with Crippen LogP contribution < -0.4 is 5.32 Å². The summed E-state index contributed by atoms with van der Waals surface area (Å²) in [6.07, 6.45) is 0.769. The third-order valence-corrected chi connectivity index (χ3v) is 2.79. The molecule has 0 amide bonds. The molecule has 1 aromatic rings. The lowest BCUT2D eigenvalue weighted by Gasteiger charge is -2.25. The van der Waals surface area contributed by atoms with Crippen molar-refractivity contribution in [2.75, 3.05) is 6.54 Å². The van der Waals surface area contributed by atoms with Crippen LogP contribution in [0.15, 0.2) is 30.3 Å². The molecule has 0 heterocycles. The van der Waals surface area contributed by atoms with Crippen LogP contribution in [-0.4, -0.2) is 18.4 Å². The van der Waals surface area contributed by atoms with Crippen LogP contribution in [0.1, 0.15) is 33.3 Å². The van der Waals surface area contributed by atoms with E-state index in [0.717, 1.165) is 13.0 Å². The van der Waals surface area contributed by atoms with Gasteiger partial charge in [0.1, 0.15) is 0 Å². The molecule has 1 atom stereocenters. The smallest absolute Gasteiger partial charge is 0.155 e. The summed E-state index contributed by atoms with van der Waals surface area (Å²) in [5.41, 5.74) is 0.915. The SMILES string of the molecule is CCN[C@H](Cc1ccccc1)C(=O)C(C)(C)C. The van der Waals surface area contributed by atoms with Gasteiger partial charge in [0.2, 0.25) is 0 Å². The molecule has 0 aliphatic heterocycles. The lowest BCUT2D eigenvalue weighted by Crippen LogP contribution is -2.44. The highest BCUT2D eigenvalue weighted by atomic mass is 16.1. The van der Waals surface area contributed by atoms with Crippen molar-refractivity contribution in [1.82, 2.24) is 5.32 Å². The molecule has 94 valence electrons. The zero-order valence-corrected chi connectivity index (χ0v) is 11.3. The van der Waals surface area contributed by atoms with Crippen molar-refractivity contribution in [1.29, 1.82) is 0 Å². The standard InChI is InChI=1S/C15H23NO/c1-5-16-13(14(17)15(2,3)4)11-12-9-7-6-8-10-12/h6-10,13,16H,5,11H2,1-4H3/t13-/m1/s1. The summed E-state index contributed by atoms with van der Waals surface area (Å²) in [6.45, 7) is 8.78. The quantitative estimate of drug-likeness (QED) is 0.847. The summed E-state index contributed by atoms with van der Waals surface area (Å²) in [5, 5.41) is 3.29. The Morgan fingerprint density at radius 1 is 1.24 bits per heavy atom. The van der Waals surface area contributed by atoms with Gasteiger partial charge in [0, 0.05) is 5.41 Å². The Kier molecular flexibility index (Phi) is 4.88. The second-order valence-corrected chi connectivity index (χ2v) is 5.41. The van der Waals surface area contributed by atoms with Crippen LogP contribution in [-0.2, 0) is 11.2 Å². The van der Waals surface area contributed by atoms with Gasteiger partial charge in [0.25, 0.3) is 0 Å². The number of carbonyl (C=O) groups is 1. The monoisotopic (exact) mass is 233 g/mol. The molecule has 0 saturated carbocycles. The lowest BCUT2D eigenvalue weighted by atomic mass is 9.84. The number of ketones is 1. The van der Waals surface area contributed by atoms with Crippen LogP contribution in [0, 0.1) is 5.41 Å². The average Bonchev–Trinajstić information content (AvgIpc) is 2.28. The molecule has 0 aliphatic rings. The minimum absolute atomic E-state index is 0.0811. The maximum Gasteiger partial charge on any atom is 0.155 e. The molecule has 0 saturated heterocycles. The van der Waals surface area contributed by atoms with Gasteiger partial charge in [-0.15, -0.1) is 0 Å². The Bertz CT molecular complexity index is 351. The van der Waals surface area contributed by atoms with Gasteiger partial charge >= 0.3 is 0 Å². The summed E-state index contributed by atoms with van der Waals surface area (Å²) in [6, 6.07) is 10.1. The minimum Gasteiger partial charge on any atom is -0.307 e. The largest absolute Gasteiger partial charge is 0.307 e. The predicted octanol–water partition coefficient (Wildman–Crippen LogP) is 2.82. The second-order valence-electron chi connectivity index (χ2n) is 5.41. The molecule has 17 heavy (non-hydrogen) atoms. The number of likely N-dealkylation sites (N-methyl/N-ethyl adjacent to an activating group) is 1. The van der Waals surface area contributed by atoms with Gasteiger partial charge in [-0.05, 0) is 18.5 Å². The minimum atomic E-state index is -0.290. The molecule has 1 rings (SSSR count). The van der Waals surface area contributed by atoms with Gasteiger partial charge in [-0.2, -0.15) is 0 Å². The first-order valence-electron chi connectivity index (χ1n) is 6.26. The van der Waals surface area contributed by atoms with Gasteiger partial charge in [0.05, 0.1) is 6.04 Å². The van der Waals surface area contributed by atoms with E-state index in [4.69, 9.17) is 0 Å². The van der Waals surface area contributed by atoms with E-state index in [1.54, 1.807) is 0 Å². The molecule has 2 nitrogen and oxygen atoms in total. The van der Waals surface area contributed by atoms with Crippen molar-refractivity contribution in [2.45, 2.75) is 40.2 Å². The van der Waals surface area contributed by atoms with Gasteiger partial charge in [-0.3, -0.25) is 4.79 Å². The van der Waals surface area contributed by atoms with Crippen LogP contribution in [0.25, 0.3) is 0 Å². The van der Waals surface area contributed by atoms with Crippen LogP contribution in [0.2, 0.25) is 0 Å². The van der Waals surface area contributed by atoms with E-state index >= 15 is 0 Å².